The van der Waals surface area contributed by atoms with Crippen molar-refractivity contribution < 1.29 is 9.59 Å². The Morgan fingerprint density at radius 1 is 1.06 bits per heavy atom. The summed E-state index contributed by atoms with van der Waals surface area (Å²) in [5.74, 6) is 0.756. The average molecular weight is 445 g/mol. The fourth-order valence-corrected chi connectivity index (χ4v) is 4.19. The predicted molar refractivity (Wildman–Crippen MR) is 124 cm³/mol. The lowest BCUT2D eigenvalue weighted by Gasteiger charge is -2.28. The maximum absolute atomic E-state index is 12.5. The summed E-state index contributed by atoms with van der Waals surface area (Å²) in [5, 5.41) is 14.1. The van der Waals surface area contributed by atoms with Crippen molar-refractivity contribution in [2.45, 2.75) is 57.4 Å². The molecular weight excluding hydrogens is 412 g/mol. The van der Waals surface area contributed by atoms with E-state index in [4.69, 9.17) is 0 Å². The number of aromatic nitrogens is 3. The Labute approximate surface area is 188 Å². The average Bonchev–Trinajstić information content (AvgIpc) is 3.17. The molecule has 3 rings (SSSR count). The summed E-state index contributed by atoms with van der Waals surface area (Å²) in [6.45, 7) is 10.2. The first-order chi connectivity index (χ1) is 14.8. The van der Waals surface area contributed by atoms with E-state index in [1.807, 2.05) is 37.5 Å². The number of hydrogen-bond donors (Lipinski definition) is 2. The number of amides is 3. The van der Waals surface area contributed by atoms with Crippen LogP contribution in [0.1, 0.15) is 45.6 Å². The maximum Gasteiger partial charge on any atom is 0.321 e. The topological polar surface area (TPSA) is 92.2 Å². The molecule has 1 saturated heterocycles. The Morgan fingerprint density at radius 2 is 1.74 bits per heavy atom. The molecule has 1 aromatic heterocycles. The molecule has 31 heavy (non-hydrogen) atoms. The second-order valence-electron chi connectivity index (χ2n) is 8.35. The van der Waals surface area contributed by atoms with Gasteiger partial charge in [-0.1, -0.05) is 43.3 Å². The highest BCUT2D eigenvalue weighted by Crippen LogP contribution is 2.30. The van der Waals surface area contributed by atoms with Gasteiger partial charge in [-0.05, 0) is 51.2 Å². The smallest absolute Gasteiger partial charge is 0.321 e. The number of thioether (sulfide) groups is 1. The van der Waals surface area contributed by atoms with Crippen LogP contribution in [0.5, 0.6) is 0 Å². The molecule has 8 nitrogen and oxygen atoms in total. The van der Waals surface area contributed by atoms with Gasteiger partial charge in [0.15, 0.2) is 5.16 Å². The number of urea groups is 1. The van der Waals surface area contributed by atoms with Gasteiger partial charge in [-0.3, -0.25) is 14.7 Å². The van der Waals surface area contributed by atoms with Gasteiger partial charge in [-0.25, -0.2) is 4.79 Å². The number of carbonyl (C=O) groups excluding carboxylic acids is 2. The monoisotopic (exact) mass is 444 g/mol. The third-order valence-corrected chi connectivity index (χ3v) is 6.15. The fraction of sp³-hybridized carbons (Fsp3) is 0.545. The first-order valence-corrected chi connectivity index (χ1v) is 11.8. The molecule has 0 saturated carbocycles. The van der Waals surface area contributed by atoms with Crippen LogP contribution in [0.2, 0.25) is 0 Å². The molecule has 1 atom stereocenters. The van der Waals surface area contributed by atoms with Crippen LogP contribution in [0.25, 0.3) is 5.69 Å². The van der Waals surface area contributed by atoms with Gasteiger partial charge in [-0.2, -0.15) is 0 Å². The van der Waals surface area contributed by atoms with E-state index >= 15 is 0 Å². The summed E-state index contributed by atoms with van der Waals surface area (Å²) >= 11 is 1.30. The zero-order chi connectivity index (χ0) is 22.4. The van der Waals surface area contributed by atoms with Crippen molar-refractivity contribution >= 4 is 29.6 Å². The summed E-state index contributed by atoms with van der Waals surface area (Å²) < 4.78 is 2.01. The zero-order valence-electron chi connectivity index (χ0n) is 18.7. The largest absolute Gasteiger partial charge is 0.341 e. The second-order valence-corrected chi connectivity index (χ2v) is 9.66. The molecule has 1 aliphatic heterocycles. The van der Waals surface area contributed by atoms with Crippen LogP contribution >= 0.6 is 11.8 Å². The molecule has 0 aliphatic carbocycles. The van der Waals surface area contributed by atoms with Gasteiger partial charge in [0.1, 0.15) is 0 Å². The van der Waals surface area contributed by atoms with Gasteiger partial charge in [0.2, 0.25) is 11.9 Å². The first kappa shape index (κ1) is 23.1. The molecule has 1 aromatic carbocycles. The van der Waals surface area contributed by atoms with E-state index in [2.05, 4.69) is 37.9 Å². The van der Waals surface area contributed by atoms with Crippen LogP contribution in [-0.4, -0.2) is 51.6 Å². The van der Waals surface area contributed by atoms with Crippen molar-refractivity contribution in [3.8, 4) is 5.69 Å². The lowest BCUT2D eigenvalue weighted by Crippen LogP contribution is -2.43. The molecule has 2 N–H and O–H groups in total. The Bertz CT molecular complexity index is 890. The lowest BCUT2D eigenvalue weighted by atomic mass is 10.1. The van der Waals surface area contributed by atoms with Crippen molar-refractivity contribution in [1.29, 1.82) is 0 Å². The molecular formula is C22H32N6O2S. The number of rotatable bonds is 7. The third kappa shape index (κ3) is 6.22. The number of nitrogens with one attached hydrogen (secondary N) is 2. The Kier molecular flexibility index (Phi) is 7.95. The minimum Gasteiger partial charge on any atom is -0.341 e. The molecule has 0 spiro atoms. The zero-order valence-corrected chi connectivity index (χ0v) is 19.5. The first-order valence-electron chi connectivity index (χ1n) is 10.9. The molecule has 0 unspecified atom stereocenters. The van der Waals surface area contributed by atoms with Crippen LogP contribution < -0.4 is 15.5 Å². The van der Waals surface area contributed by atoms with Gasteiger partial charge >= 0.3 is 6.03 Å². The predicted octanol–water partition coefficient (Wildman–Crippen LogP) is 3.53. The molecule has 1 fully saturated rings. The van der Waals surface area contributed by atoms with Crippen molar-refractivity contribution in [1.82, 2.24) is 25.4 Å². The van der Waals surface area contributed by atoms with Gasteiger partial charge in [0, 0.05) is 19.6 Å². The van der Waals surface area contributed by atoms with E-state index in [-0.39, 0.29) is 5.91 Å². The fourth-order valence-electron chi connectivity index (χ4n) is 3.32. The van der Waals surface area contributed by atoms with Gasteiger partial charge in [0.25, 0.3) is 0 Å². The van der Waals surface area contributed by atoms with Crippen LogP contribution in [0, 0.1) is 12.8 Å². The van der Waals surface area contributed by atoms with E-state index in [9.17, 15) is 9.59 Å². The minimum atomic E-state index is -0.507. The number of carbonyl (C=O) groups is 2. The summed E-state index contributed by atoms with van der Waals surface area (Å²) in [7, 11) is 0. The summed E-state index contributed by atoms with van der Waals surface area (Å²) in [6.07, 6.45) is 3.49. The number of anilines is 1. The summed E-state index contributed by atoms with van der Waals surface area (Å²) in [5.41, 5.74) is 2.13. The van der Waals surface area contributed by atoms with Crippen LogP contribution in [0.4, 0.5) is 10.7 Å². The number of hydrogen-bond acceptors (Lipinski definition) is 6. The highest BCUT2D eigenvalue weighted by molar-refractivity contribution is 8.00. The van der Waals surface area contributed by atoms with E-state index in [0.29, 0.717) is 17.6 Å². The third-order valence-electron chi connectivity index (χ3n) is 5.11. The Hall–Kier alpha value is -2.55. The second kappa shape index (κ2) is 10.7. The Balaban J connectivity index is 1.78. The molecule has 3 amide bonds. The summed E-state index contributed by atoms with van der Waals surface area (Å²) in [6, 6.07) is 7.72. The van der Waals surface area contributed by atoms with Crippen molar-refractivity contribution in [3.63, 3.8) is 0 Å². The number of aryl methyl sites for hydroxylation is 1. The van der Waals surface area contributed by atoms with Crippen molar-refractivity contribution in [2.75, 3.05) is 24.5 Å². The molecule has 2 heterocycles. The standard InChI is InChI=1S/C22H32N6O2S/c1-15(2)14-23-20(30)24-19(29)17(4)31-22-26-25-21(27-12-6-5-7-13-27)28(22)18-10-8-16(3)9-11-18/h8-11,15,17H,5-7,12-14H2,1-4H3,(H2,23,24,29,30)/t17-/m1/s1. The molecule has 1 aliphatic rings. The van der Waals surface area contributed by atoms with E-state index in [0.717, 1.165) is 37.6 Å². The van der Waals surface area contributed by atoms with E-state index in [1.165, 1.54) is 23.7 Å². The van der Waals surface area contributed by atoms with Crippen molar-refractivity contribution in [2.24, 2.45) is 5.92 Å². The molecule has 2 aromatic rings. The normalized spacial score (nSPS) is 15.1. The van der Waals surface area contributed by atoms with Gasteiger partial charge in [-0.15, -0.1) is 10.2 Å². The highest BCUT2D eigenvalue weighted by Gasteiger charge is 2.25. The highest BCUT2D eigenvalue weighted by atomic mass is 32.2. The lowest BCUT2D eigenvalue weighted by molar-refractivity contribution is -0.119. The molecule has 9 heteroatoms. The quantitative estimate of drug-likeness (QED) is 0.635. The summed E-state index contributed by atoms with van der Waals surface area (Å²) in [4.78, 5) is 26.8. The van der Waals surface area contributed by atoms with Crippen LogP contribution in [0.15, 0.2) is 29.4 Å². The number of nitrogens with zero attached hydrogens (tertiary/aromatic N) is 4. The minimum absolute atomic E-state index is 0.314. The van der Waals surface area contributed by atoms with Gasteiger partial charge < -0.3 is 10.2 Å². The molecule has 0 bridgehead atoms. The number of benzene rings is 1. The van der Waals surface area contributed by atoms with Crippen LogP contribution in [0.3, 0.4) is 0 Å². The van der Waals surface area contributed by atoms with Gasteiger partial charge in [0.05, 0.1) is 10.9 Å². The van der Waals surface area contributed by atoms with Crippen molar-refractivity contribution in [3.05, 3.63) is 29.8 Å². The number of piperidine rings is 1. The van der Waals surface area contributed by atoms with E-state index < -0.39 is 11.3 Å². The SMILES string of the molecule is Cc1ccc(-n2c(S[C@H](C)C(=O)NC(=O)NCC(C)C)nnc2N2CCCCC2)cc1. The molecule has 0 radical (unpaired) electrons. The van der Waals surface area contributed by atoms with Crippen LogP contribution in [-0.2, 0) is 4.79 Å². The molecule has 168 valence electrons. The maximum atomic E-state index is 12.5. The number of imide groups is 1. The Morgan fingerprint density at radius 3 is 2.39 bits per heavy atom. The van der Waals surface area contributed by atoms with E-state index in [1.54, 1.807) is 6.92 Å².